The summed E-state index contributed by atoms with van der Waals surface area (Å²) in [5, 5.41) is 16.6. The number of H-pyrrole nitrogens is 1. The predicted molar refractivity (Wildman–Crippen MR) is 58.7 cm³/mol. The first-order chi connectivity index (χ1) is 7.33. The lowest BCUT2D eigenvalue weighted by atomic mass is 10.1. The number of rotatable bonds is 2. The predicted octanol–water partition coefficient (Wildman–Crippen LogP) is 1.43. The first-order valence-corrected chi connectivity index (χ1v) is 4.57. The van der Waals surface area contributed by atoms with Crippen LogP contribution < -0.4 is 5.73 Å². The van der Waals surface area contributed by atoms with Gasteiger partial charge in [-0.2, -0.15) is 10.4 Å². The van der Waals surface area contributed by atoms with Crippen LogP contribution in [0.3, 0.4) is 0 Å². The summed E-state index contributed by atoms with van der Waals surface area (Å²) < 4.78 is 0. The molecule has 15 heavy (non-hydrogen) atoms. The second-order valence-corrected chi connectivity index (χ2v) is 3.20. The molecule has 1 heterocycles. The lowest BCUT2D eigenvalue weighted by Gasteiger charge is -1.95. The summed E-state index contributed by atoms with van der Waals surface area (Å²) in [5.74, 6) is 0. The molecule has 0 spiro atoms. The number of nitrogens with two attached hydrogens (primary N) is 1. The number of benzene rings is 1. The van der Waals surface area contributed by atoms with Crippen molar-refractivity contribution in [2.45, 2.75) is 0 Å². The highest BCUT2D eigenvalue weighted by atomic mass is 15.1. The van der Waals surface area contributed by atoms with E-state index in [1.807, 2.05) is 18.2 Å². The number of nitriles is 1. The van der Waals surface area contributed by atoms with Gasteiger partial charge in [0.1, 0.15) is 0 Å². The van der Waals surface area contributed by atoms with Crippen molar-refractivity contribution in [1.29, 1.82) is 5.26 Å². The average molecular weight is 198 g/mol. The van der Waals surface area contributed by atoms with Gasteiger partial charge in [-0.25, -0.2) is 0 Å². The Hall–Kier alpha value is -2.12. The molecule has 0 radical (unpaired) electrons. The van der Waals surface area contributed by atoms with Gasteiger partial charge in [0.15, 0.2) is 0 Å². The van der Waals surface area contributed by atoms with Gasteiger partial charge >= 0.3 is 0 Å². The van der Waals surface area contributed by atoms with Gasteiger partial charge in [0.25, 0.3) is 0 Å². The third kappa shape index (κ3) is 1.87. The van der Waals surface area contributed by atoms with Crippen molar-refractivity contribution >= 4 is 17.0 Å². The summed E-state index contributed by atoms with van der Waals surface area (Å²) in [6.07, 6.45) is 3.54. The molecule has 3 N–H and O–H groups in total. The molecule has 0 saturated heterocycles. The van der Waals surface area contributed by atoms with Crippen LogP contribution in [-0.2, 0) is 0 Å². The third-order valence-corrected chi connectivity index (χ3v) is 2.17. The molecular weight excluding hydrogens is 188 g/mol. The smallest absolute Gasteiger partial charge is 0.0960 e. The van der Waals surface area contributed by atoms with Gasteiger partial charge in [0, 0.05) is 17.5 Å². The largest absolute Gasteiger partial charge is 0.326 e. The van der Waals surface area contributed by atoms with E-state index in [0.29, 0.717) is 5.57 Å². The molecule has 4 nitrogen and oxygen atoms in total. The maximum Gasteiger partial charge on any atom is 0.0960 e. The lowest BCUT2D eigenvalue weighted by Crippen LogP contribution is -2.00. The molecule has 0 atom stereocenters. The van der Waals surface area contributed by atoms with E-state index in [-0.39, 0.29) is 6.54 Å². The Morgan fingerprint density at radius 2 is 2.47 bits per heavy atom. The molecule has 74 valence electrons. The van der Waals surface area contributed by atoms with Crippen molar-refractivity contribution in [2.75, 3.05) is 6.54 Å². The maximum absolute atomic E-state index is 8.74. The van der Waals surface area contributed by atoms with Crippen LogP contribution in [-0.4, -0.2) is 16.7 Å². The molecular formula is C11H10N4. The van der Waals surface area contributed by atoms with Crippen LogP contribution in [0, 0.1) is 11.3 Å². The highest BCUT2D eigenvalue weighted by molar-refractivity contribution is 5.81. The van der Waals surface area contributed by atoms with Gasteiger partial charge in [-0.15, -0.1) is 0 Å². The van der Waals surface area contributed by atoms with Crippen LogP contribution in [0.4, 0.5) is 0 Å². The van der Waals surface area contributed by atoms with E-state index in [9.17, 15) is 0 Å². The van der Waals surface area contributed by atoms with Gasteiger partial charge in [-0.1, -0.05) is 6.07 Å². The minimum Gasteiger partial charge on any atom is -0.326 e. The van der Waals surface area contributed by atoms with Gasteiger partial charge in [0.05, 0.1) is 17.8 Å². The summed E-state index contributed by atoms with van der Waals surface area (Å²) >= 11 is 0. The fraction of sp³-hybridized carbons (Fsp3) is 0.0909. The zero-order chi connectivity index (χ0) is 10.7. The van der Waals surface area contributed by atoms with E-state index in [2.05, 4.69) is 16.3 Å². The number of fused-ring (bicyclic) bond motifs is 1. The van der Waals surface area contributed by atoms with Gasteiger partial charge in [-0.3, -0.25) is 5.10 Å². The molecule has 4 heteroatoms. The van der Waals surface area contributed by atoms with Crippen LogP contribution in [0.5, 0.6) is 0 Å². The fourth-order valence-electron chi connectivity index (χ4n) is 1.39. The van der Waals surface area contributed by atoms with E-state index in [1.54, 1.807) is 12.3 Å². The Morgan fingerprint density at radius 3 is 3.20 bits per heavy atom. The highest BCUT2D eigenvalue weighted by Crippen LogP contribution is 2.14. The molecule has 0 bridgehead atoms. The molecule has 1 aromatic carbocycles. The second-order valence-electron chi connectivity index (χ2n) is 3.20. The first kappa shape index (κ1) is 9.44. The zero-order valence-electron chi connectivity index (χ0n) is 8.07. The molecule has 0 aliphatic carbocycles. The maximum atomic E-state index is 8.74. The fourth-order valence-corrected chi connectivity index (χ4v) is 1.39. The standard InChI is InChI=1S/C11H10N4/c12-5-9(6-13)3-8-1-2-11-10(4-8)7-14-15-11/h1-4,7H,5,12H2,(H,14,15)/b9-3-. The number of hydrogen-bond acceptors (Lipinski definition) is 3. The Kier molecular flexibility index (Phi) is 2.48. The minimum absolute atomic E-state index is 0.264. The summed E-state index contributed by atoms with van der Waals surface area (Å²) in [5.41, 5.74) is 7.93. The summed E-state index contributed by atoms with van der Waals surface area (Å²) in [7, 11) is 0. The Labute approximate surface area is 87.0 Å². The van der Waals surface area contributed by atoms with Crippen molar-refractivity contribution in [1.82, 2.24) is 10.2 Å². The molecule has 0 amide bonds. The Morgan fingerprint density at radius 1 is 1.60 bits per heavy atom. The molecule has 2 aromatic rings. The molecule has 0 saturated carbocycles. The van der Waals surface area contributed by atoms with Gasteiger partial charge in [-0.05, 0) is 23.8 Å². The molecule has 0 fully saturated rings. The van der Waals surface area contributed by atoms with Crippen molar-refractivity contribution in [3.8, 4) is 6.07 Å². The average Bonchev–Trinajstić information content (AvgIpc) is 2.73. The summed E-state index contributed by atoms with van der Waals surface area (Å²) in [4.78, 5) is 0. The van der Waals surface area contributed by atoms with Crippen LogP contribution in [0.25, 0.3) is 17.0 Å². The molecule has 2 rings (SSSR count). The number of nitrogens with one attached hydrogen (secondary N) is 1. The molecule has 0 aliphatic heterocycles. The van der Waals surface area contributed by atoms with Crippen LogP contribution >= 0.6 is 0 Å². The highest BCUT2D eigenvalue weighted by Gasteiger charge is 1.97. The topological polar surface area (TPSA) is 78.5 Å². The molecule has 1 aromatic heterocycles. The Bertz CT molecular complexity index is 545. The number of nitrogens with zero attached hydrogens (tertiary/aromatic N) is 2. The first-order valence-electron chi connectivity index (χ1n) is 4.57. The number of aromatic amines is 1. The van der Waals surface area contributed by atoms with E-state index in [0.717, 1.165) is 16.5 Å². The summed E-state index contributed by atoms with van der Waals surface area (Å²) in [6, 6.07) is 7.87. The van der Waals surface area contributed by atoms with Crippen molar-refractivity contribution in [2.24, 2.45) is 5.73 Å². The minimum atomic E-state index is 0.264. The van der Waals surface area contributed by atoms with Crippen molar-refractivity contribution < 1.29 is 0 Å². The lowest BCUT2D eigenvalue weighted by molar-refractivity contribution is 1.12. The quantitative estimate of drug-likeness (QED) is 0.716. The van der Waals surface area contributed by atoms with Crippen LogP contribution in [0.1, 0.15) is 5.56 Å². The summed E-state index contributed by atoms with van der Waals surface area (Å²) in [6.45, 7) is 0.264. The Balaban J connectivity index is 2.45. The van der Waals surface area contributed by atoms with Gasteiger partial charge < -0.3 is 5.73 Å². The third-order valence-electron chi connectivity index (χ3n) is 2.17. The number of hydrogen-bond donors (Lipinski definition) is 2. The zero-order valence-corrected chi connectivity index (χ0v) is 8.07. The van der Waals surface area contributed by atoms with Crippen LogP contribution in [0.15, 0.2) is 30.0 Å². The van der Waals surface area contributed by atoms with Crippen molar-refractivity contribution in [3.63, 3.8) is 0 Å². The van der Waals surface area contributed by atoms with Gasteiger partial charge in [0.2, 0.25) is 0 Å². The monoisotopic (exact) mass is 198 g/mol. The SMILES string of the molecule is N#C/C(=C\c1ccc2[nH]ncc2c1)CN. The van der Waals surface area contributed by atoms with Crippen molar-refractivity contribution in [3.05, 3.63) is 35.5 Å². The normalized spacial score (nSPS) is 11.6. The molecule has 0 aliphatic rings. The molecule has 0 unspecified atom stereocenters. The number of aromatic nitrogens is 2. The van der Waals surface area contributed by atoms with Crippen LogP contribution in [0.2, 0.25) is 0 Å². The van der Waals surface area contributed by atoms with E-state index in [4.69, 9.17) is 11.0 Å². The van der Waals surface area contributed by atoms with E-state index >= 15 is 0 Å². The van der Waals surface area contributed by atoms with E-state index < -0.39 is 0 Å². The second kappa shape index (κ2) is 3.95. The van der Waals surface area contributed by atoms with E-state index in [1.165, 1.54) is 0 Å².